The molecule has 38 heavy (non-hydrogen) atoms. The van der Waals surface area contributed by atoms with E-state index in [0.29, 0.717) is 6.54 Å². The minimum Gasteiger partial charge on any atom is -0.398 e. The number of hydrogen-bond donors (Lipinski definition) is 1. The van der Waals surface area contributed by atoms with Crippen LogP contribution in [0.1, 0.15) is 22.3 Å². The van der Waals surface area contributed by atoms with E-state index in [4.69, 9.17) is 5.73 Å². The molecule has 2 aliphatic rings. The fourth-order valence-corrected chi connectivity index (χ4v) is 5.58. The van der Waals surface area contributed by atoms with Crippen LogP contribution >= 0.6 is 0 Å². The van der Waals surface area contributed by atoms with Crippen LogP contribution in [0, 0.1) is 10.1 Å². The van der Waals surface area contributed by atoms with Crippen molar-refractivity contribution in [2.24, 2.45) is 0 Å². The van der Waals surface area contributed by atoms with Crippen LogP contribution in [-0.2, 0) is 25.9 Å². The van der Waals surface area contributed by atoms with Crippen LogP contribution in [0.15, 0.2) is 84.9 Å². The molecule has 4 aromatic rings. The Labute approximate surface area is 224 Å². The highest BCUT2D eigenvalue weighted by Crippen LogP contribution is 2.36. The van der Waals surface area contributed by atoms with E-state index in [0.717, 1.165) is 60.4 Å². The van der Waals surface area contributed by atoms with E-state index in [-0.39, 0.29) is 10.6 Å². The molecular formula is C32H34N4O2. The van der Waals surface area contributed by atoms with Crippen LogP contribution in [-0.4, -0.2) is 41.9 Å². The topological polar surface area (TPSA) is 75.6 Å². The quantitative estimate of drug-likeness (QED) is 0.204. The molecule has 194 valence electrons. The van der Waals surface area contributed by atoms with E-state index in [2.05, 4.69) is 65.4 Å². The molecule has 0 radical (unpaired) electrons. The molecule has 4 aromatic carbocycles. The minimum atomic E-state index is -0.271. The normalized spacial score (nSPS) is 15.1. The van der Waals surface area contributed by atoms with E-state index >= 15 is 0 Å². The fraction of sp³-hybridized carbons (Fsp3) is 0.250. The number of benzene rings is 4. The Balaban J connectivity index is 0.000000156. The molecule has 0 amide bonds. The maximum absolute atomic E-state index is 11.2. The van der Waals surface area contributed by atoms with Crippen LogP contribution in [0.3, 0.4) is 0 Å². The third-order valence-electron chi connectivity index (χ3n) is 7.58. The van der Waals surface area contributed by atoms with Crippen LogP contribution in [0.4, 0.5) is 11.4 Å². The summed E-state index contributed by atoms with van der Waals surface area (Å²) in [6, 6.07) is 28.4. The number of nitro benzene ring substituents is 1. The van der Waals surface area contributed by atoms with Gasteiger partial charge in [0.25, 0.3) is 5.69 Å². The Morgan fingerprint density at radius 2 is 1.13 bits per heavy atom. The predicted molar refractivity (Wildman–Crippen MR) is 155 cm³/mol. The van der Waals surface area contributed by atoms with Crippen molar-refractivity contribution in [1.82, 2.24) is 9.80 Å². The van der Waals surface area contributed by atoms with Gasteiger partial charge in [-0.25, -0.2) is 0 Å². The second kappa shape index (κ2) is 11.2. The van der Waals surface area contributed by atoms with E-state index in [9.17, 15) is 10.1 Å². The zero-order valence-electron chi connectivity index (χ0n) is 22.1. The molecule has 0 saturated carbocycles. The highest BCUT2D eigenvalue weighted by atomic mass is 16.6. The standard InChI is InChI=1S/C16H16N2O2.C16H18N2/c1-17-10-9-14-13(12-5-3-2-4-6-12)7-8-16(18(19)20)15(14)11-17;1-18-10-9-14-13(12-5-3-2-4-6-12)7-8-16(17)15(14)11-18/h2-8H,9-11H2,1H3;2-8H,9-11,17H2,1H3. The molecular weight excluding hydrogens is 472 g/mol. The maximum Gasteiger partial charge on any atom is 0.274 e. The molecule has 2 N–H and O–H groups in total. The van der Waals surface area contributed by atoms with E-state index < -0.39 is 0 Å². The molecule has 6 heteroatoms. The lowest BCUT2D eigenvalue weighted by molar-refractivity contribution is -0.385. The number of rotatable bonds is 3. The van der Waals surface area contributed by atoms with Crippen molar-refractivity contribution in [2.45, 2.75) is 25.9 Å². The summed E-state index contributed by atoms with van der Waals surface area (Å²) < 4.78 is 0. The second-order valence-electron chi connectivity index (χ2n) is 10.2. The van der Waals surface area contributed by atoms with Crippen molar-refractivity contribution in [3.05, 3.63) is 117 Å². The van der Waals surface area contributed by atoms with Gasteiger partial charge in [-0.2, -0.15) is 0 Å². The molecule has 0 unspecified atom stereocenters. The van der Waals surface area contributed by atoms with Gasteiger partial charge in [-0.1, -0.05) is 66.7 Å². The van der Waals surface area contributed by atoms with Gasteiger partial charge in [-0.05, 0) is 78.0 Å². The second-order valence-corrected chi connectivity index (χ2v) is 10.2. The first-order valence-corrected chi connectivity index (χ1v) is 13.1. The van der Waals surface area contributed by atoms with Gasteiger partial charge in [0, 0.05) is 43.5 Å². The first-order chi connectivity index (χ1) is 18.4. The summed E-state index contributed by atoms with van der Waals surface area (Å²) in [4.78, 5) is 15.4. The fourth-order valence-electron chi connectivity index (χ4n) is 5.58. The van der Waals surface area contributed by atoms with Gasteiger partial charge in [-0.15, -0.1) is 0 Å². The smallest absolute Gasteiger partial charge is 0.274 e. The van der Waals surface area contributed by atoms with Gasteiger partial charge in [0.2, 0.25) is 0 Å². The summed E-state index contributed by atoms with van der Waals surface area (Å²) in [6.45, 7) is 3.65. The van der Waals surface area contributed by atoms with Gasteiger partial charge < -0.3 is 15.5 Å². The van der Waals surface area contributed by atoms with Gasteiger partial charge in [0.1, 0.15) is 0 Å². The highest BCUT2D eigenvalue weighted by Gasteiger charge is 2.25. The third-order valence-corrected chi connectivity index (χ3v) is 7.58. The number of nitrogens with zero attached hydrogens (tertiary/aromatic N) is 3. The highest BCUT2D eigenvalue weighted by molar-refractivity contribution is 5.73. The number of hydrogen-bond acceptors (Lipinski definition) is 5. The molecule has 6 nitrogen and oxygen atoms in total. The molecule has 0 saturated heterocycles. The molecule has 0 bridgehead atoms. The lowest BCUT2D eigenvalue weighted by Gasteiger charge is -2.28. The summed E-state index contributed by atoms with van der Waals surface area (Å²) >= 11 is 0. The Kier molecular flexibility index (Phi) is 7.54. The molecule has 0 spiro atoms. The summed E-state index contributed by atoms with van der Waals surface area (Å²) in [5.74, 6) is 0. The maximum atomic E-state index is 11.2. The number of likely N-dealkylation sites (N-methyl/N-ethyl adjacent to an activating group) is 2. The molecule has 6 rings (SSSR count). The SMILES string of the molecule is CN1CCc2c(-c3ccccc3)ccc(N)c2C1.CN1CCc2c(-c3ccccc3)ccc([N+](=O)[O-])c2C1. The number of fused-ring (bicyclic) bond motifs is 2. The average Bonchev–Trinajstić information content (AvgIpc) is 2.94. The van der Waals surface area contributed by atoms with Gasteiger partial charge in [0.05, 0.1) is 4.92 Å². The van der Waals surface area contributed by atoms with Gasteiger partial charge in [-0.3, -0.25) is 10.1 Å². The van der Waals surface area contributed by atoms with Crippen molar-refractivity contribution in [3.8, 4) is 22.3 Å². The Hall–Kier alpha value is -4.00. The Morgan fingerprint density at radius 1 is 0.658 bits per heavy atom. The minimum absolute atomic E-state index is 0.242. The van der Waals surface area contributed by atoms with E-state index in [1.807, 2.05) is 37.4 Å². The van der Waals surface area contributed by atoms with Crippen molar-refractivity contribution < 1.29 is 4.92 Å². The van der Waals surface area contributed by atoms with Gasteiger partial charge in [0.15, 0.2) is 0 Å². The van der Waals surface area contributed by atoms with E-state index in [1.165, 1.54) is 22.3 Å². The van der Waals surface area contributed by atoms with Crippen LogP contribution in [0.5, 0.6) is 0 Å². The van der Waals surface area contributed by atoms with Crippen LogP contribution < -0.4 is 5.73 Å². The Morgan fingerprint density at radius 3 is 1.66 bits per heavy atom. The van der Waals surface area contributed by atoms with Gasteiger partial charge >= 0.3 is 0 Å². The largest absolute Gasteiger partial charge is 0.398 e. The van der Waals surface area contributed by atoms with Crippen molar-refractivity contribution >= 4 is 11.4 Å². The Bertz CT molecular complexity index is 1440. The van der Waals surface area contributed by atoms with E-state index in [1.54, 1.807) is 6.07 Å². The van der Waals surface area contributed by atoms with Crippen molar-refractivity contribution in [1.29, 1.82) is 0 Å². The predicted octanol–water partition coefficient (Wildman–Crippen LogP) is 6.17. The third kappa shape index (κ3) is 5.32. The summed E-state index contributed by atoms with van der Waals surface area (Å²) in [5.41, 5.74) is 16.9. The molecule has 2 heterocycles. The molecule has 2 aliphatic heterocycles. The number of nitrogen functional groups attached to an aromatic ring is 1. The molecule has 0 aliphatic carbocycles. The van der Waals surface area contributed by atoms with Crippen LogP contribution in [0.25, 0.3) is 22.3 Å². The first kappa shape index (κ1) is 25.6. The monoisotopic (exact) mass is 506 g/mol. The number of nitro groups is 1. The first-order valence-electron chi connectivity index (χ1n) is 13.1. The zero-order chi connectivity index (χ0) is 26.6. The summed E-state index contributed by atoms with van der Waals surface area (Å²) in [6.07, 6.45) is 1.94. The molecule has 0 atom stereocenters. The number of nitrogens with two attached hydrogens (primary N) is 1. The van der Waals surface area contributed by atoms with Crippen molar-refractivity contribution in [3.63, 3.8) is 0 Å². The summed E-state index contributed by atoms with van der Waals surface area (Å²) in [5, 5.41) is 11.2. The average molecular weight is 507 g/mol. The molecule has 0 fully saturated rings. The van der Waals surface area contributed by atoms with Crippen LogP contribution in [0.2, 0.25) is 0 Å². The summed E-state index contributed by atoms with van der Waals surface area (Å²) in [7, 11) is 4.15. The molecule has 0 aromatic heterocycles. The number of anilines is 1. The zero-order valence-corrected chi connectivity index (χ0v) is 22.1. The lowest BCUT2D eigenvalue weighted by atomic mass is 9.90. The lowest BCUT2D eigenvalue weighted by Crippen LogP contribution is -2.27. The van der Waals surface area contributed by atoms with Crippen molar-refractivity contribution in [2.75, 3.05) is 32.9 Å².